The first-order valence-electron chi connectivity index (χ1n) is 9.78. The van der Waals surface area contributed by atoms with Gasteiger partial charge in [0.2, 0.25) is 0 Å². The molecule has 3 heterocycles. The van der Waals surface area contributed by atoms with E-state index in [0.717, 1.165) is 48.6 Å². The summed E-state index contributed by atoms with van der Waals surface area (Å²) in [6, 6.07) is 8.19. The fourth-order valence-electron chi connectivity index (χ4n) is 3.80. The van der Waals surface area contributed by atoms with Gasteiger partial charge in [-0.15, -0.1) is 0 Å². The van der Waals surface area contributed by atoms with E-state index >= 15 is 0 Å². The molecule has 28 heavy (non-hydrogen) atoms. The molecule has 2 aliphatic rings. The number of carbonyl (C=O) groups excluding carboxylic acids is 1. The van der Waals surface area contributed by atoms with Crippen molar-refractivity contribution in [2.75, 3.05) is 25.0 Å². The summed E-state index contributed by atoms with van der Waals surface area (Å²) >= 11 is 6.07. The van der Waals surface area contributed by atoms with E-state index in [1.165, 1.54) is 0 Å². The van der Waals surface area contributed by atoms with Crippen molar-refractivity contribution in [3.63, 3.8) is 0 Å². The van der Waals surface area contributed by atoms with Crippen molar-refractivity contribution in [2.24, 2.45) is 0 Å². The highest BCUT2D eigenvalue weighted by atomic mass is 35.5. The van der Waals surface area contributed by atoms with E-state index in [1.54, 1.807) is 4.90 Å². The molecule has 1 saturated heterocycles. The normalized spacial score (nSPS) is 17.3. The minimum Gasteiger partial charge on any atom is -0.445 e. The van der Waals surface area contributed by atoms with Gasteiger partial charge in [0.15, 0.2) is 0 Å². The van der Waals surface area contributed by atoms with Crippen LogP contribution < -0.4 is 10.6 Å². The van der Waals surface area contributed by atoms with E-state index in [9.17, 15) is 4.79 Å². The van der Waals surface area contributed by atoms with Crippen LogP contribution in [0.4, 0.5) is 10.6 Å². The molecule has 0 saturated carbocycles. The number of nitrogens with zero attached hydrogens (tertiary/aromatic N) is 3. The molecule has 0 unspecified atom stereocenters. The highest BCUT2D eigenvalue weighted by Gasteiger charge is 2.24. The van der Waals surface area contributed by atoms with Gasteiger partial charge < -0.3 is 20.3 Å². The van der Waals surface area contributed by atoms with Crippen molar-refractivity contribution in [2.45, 2.75) is 45.5 Å². The van der Waals surface area contributed by atoms with E-state index in [0.29, 0.717) is 30.7 Å². The van der Waals surface area contributed by atoms with Crippen molar-refractivity contribution < 1.29 is 9.53 Å². The lowest BCUT2D eigenvalue weighted by Gasteiger charge is -2.26. The predicted octanol–water partition coefficient (Wildman–Crippen LogP) is 3.16. The first-order valence-corrected chi connectivity index (χ1v) is 10.2. The number of hydrogen-bond donors (Lipinski definition) is 2. The first-order chi connectivity index (χ1) is 13.6. The summed E-state index contributed by atoms with van der Waals surface area (Å²) in [5.74, 6) is 0.895. The van der Waals surface area contributed by atoms with Crippen molar-refractivity contribution in [3.8, 4) is 0 Å². The molecule has 7 nitrogen and oxygen atoms in total. The molecule has 2 aromatic rings. The van der Waals surface area contributed by atoms with Crippen LogP contribution in [0.1, 0.15) is 29.7 Å². The second kappa shape index (κ2) is 8.41. The third-order valence-corrected chi connectivity index (χ3v) is 5.43. The van der Waals surface area contributed by atoms with E-state index in [4.69, 9.17) is 16.3 Å². The molecule has 0 spiro atoms. The van der Waals surface area contributed by atoms with Crippen LogP contribution in [0.3, 0.4) is 0 Å². The average Bonchev–Trinajstić information content (AvgIpc) is 3.07. The second-order valence-electron chi connectivity index (χ2n) is 7.53. The number of benzene rings is 1. The highest BCUT2D eigenvalue weighted by Crippen LogP contribution is 2.20. The fourth-order valence-corrected chi connectivity index (χ4v) is 4.11. The van der Waals surface area contributed by atoms with Gasteiger partial charge in [-0.2, -0.15) is 5.10 Å². The van der Waals surface area contributed by atoms with Crippen LogP contribution in [0, 0.1) is 6.92 Å². The number of hydrogen-bond acceptors (Lipinski definition) is 5. The Morgan fingerprint density at radius 2 is 2.11 bits per heavy atom. The van der Waals surface area contributed by atoms with Gasteiger partial charge in [-0.1, -0.05) is 17.7 Å². The largest absolute Gasteiger partial charge is 0.445 e. The number of anilines is 1. The number of amides is 1. The third-order valence-electron chi connectivity index (χ3n) is 5.21. The standard InChI is InChI=1S/C20H26ClN5O2/c1-14-8-15(10-16(21)9-14)13-28-20(27)25-6-7-26-18(12-25)11-19(24-26)23-17-2-4-22-5-3-17/h8-11,17,22H,2-7,12-13H2,1H3,(H,23,24). The molecule has 1 aromatic carbocycles. The van der Waals surface area contributed by atoms with Crippen LogP contribution in [-0.2, 0) is 24.4 Å². The molecule has 8 heteroatoms. The maximum absolute atomic E-state index is 12.5. The molecule has 2 N–H and O–H groups in total. The average molecular weight is 404 g/mol. The first kappa shape index (κ1) is 19.1. The Morgan fingerprint density at radius 3 is 2.89 bits per heavy atom. The lowest BCUT2D eigenvalue weighted by Crippen LogP contribution is -2.38. The third kappa shape index (κ3) is 4.59. The van der Waals surface area contributed by atoms with Gasteiger partial charge in [0.05, 0.1) is 18.8 Å². The lowest BCUT2D eigenvalue weighted by molar-refractivity contribution is 0.0858. The van der Waals surface area contributed by atoms with Crippen molar-refractivity contribution in [1.82, 2.24) is 20.0 Å². The van der Waals surface area contributed by atoms with Crippen molar-refractivity contribution in [1.29, 1.82) is 0 Å². The van der Waals surface area contributed by atoms with Gasteiger partial charge in [-0.3, -0.25) is 4.68 Å². The zero-order valence-electron chi connectivity index (χ0n) is 16.1. The Kier molecular flexibility index (Phi) is 5.73. The number of halogens is 1. The summed E-state index contributed by atoms with van der Waals surface area (Å²) in [5.41, 5.74) is 2.97. The zero-order chi connectivity index (χ0) is 19.5. The molecule has 1 fully saturated rings. The van der Waals surface area contributed by atoms with E-state index in [1.807, 2.05) is 35.9 Å². The Hall–Kier alpha value is -2.25. The molecular formula is C20H26ClN5O2. The minimum atomic E-state index is -0.307. The zero-order valence-corrected chi connectivity index (χ0v) is 16.8. The number of ether oxygens (including phenoxy) is 1. The number of piperidine rings is 1. The summed E-state index contributed by atoms with van der Waals surface area (Å²) < 4.78 is 7.48. The summed E-state index contributed by atoms with van der Waals surface area (Å²) in [7, 11) is 0. The van der Waals surface area contributed by atoms with Crippen LogP contribution in [0.25, 0.3) is 0 Å². The molecular weight excluding hydrogens is 378 g/mol. The van der Waals surface area contributed by atoms with Crippen LogP contribution in [-0.4, -0.2) is 46.4 Å². The number of fused-ring (bicyclic) bond motifs is 1. The van der Waals surface area contributed by atoms with E-state index in [2.05, 4.69) is 15.7 Å². The quantitative estimate of drug-likeness (QED) is 0.820. The fraction of sp³-hybridized carbons (Fsp3) is 0.500. The smallest absolute Gasteiger partial charge is 0.410 e. The summed E-state index contributed by atoms with van der Waals surface area (Å²) in [6.07, 6.45) is 1.89. The SMILES string of the molecule is Cc1cc(Cl)cc(COC(=O)N2CCn3nc(NC4CCNCC4)cc3C2)c1. The lowest BCUT2D eigenvalue weighted by atomic mass is 10.1. The van der Waals surface area contributed by atoms with E-state index < -0.39 is 0 Å². The summed E-state index contributed by atoms with van der Waals surface area (Å²) in [6.45, 7) is 6.04. The molecule has 0 radical (unpaired) electrons. The molecule has 0 aliphatic carbocycles. The molecule has 0 bridgehead atoms. The minimum absolute atomic E-state index is 0.221. The Labute approximate surface area is 170 Å². The van der Waals surface area contributed by atoms with Gasteiger partial charge >= 0.3 is 6.09 Å². The number of carbonyl (C=O) groups is 1. The number of aromatic nitrogens is 2. The Bertz CT molecular complexity index is 827. The summed E-state index contributed by atoms with van der Waals surface area (Å²) in [4.78, 5) is 14.2. The van der Waals surface area contributed by atoms with Gasteiger partial charge in [0.1, 0.15) is 12.4 Å². The number of nitrogens with one attached hydrogen (secondary N) is 2. The Balaban J connectivity index is 1.33. The molecule has 1 amide bonds. The number of rotatable bonds is 4. The van der Waals surface area contributed by atoms with Crippen molar-refractivity contribution in [3.05, 3.63) is 46.1 Å². The van der Waals surface area contributed by atoms with Crippen LogP contribution in [0.2, 0.25) is 5.02 Å². The molecule has 150 valence electrons. The molecule has 1 aromatic heterocycles. The van der Waals surface area contributed by atoms with E-state index in [-0.39, 0.29) is 12.7 Å². The van der Waals surface area contributed by atoms with Crippen molar-refractivity contribution >= 4 is 23.5 Å². The maximum Gasteiger partial charge on any atom is 0.410 e. The van der Waals surface area contributed by atoms with Crippen LogP contribution >= 0.6 is 11.6 Å². The maximum atomic E-state index is 12.5. The number of aryl methyl sites for hydroxylation is 1. The topological polar surface area (TPSA) is 71.4 Å². The highest BCUT2D eigenvalue weighted by molar-refractivity contribution is 6.30. The van der Waals surface area contributed by atoms with Crippen LogP contribution in [0.15, 0.2) is 24.3 Å². The molecule has 0 atom stereocenters. The Morgan fingerprint density at radius 1 is 1.29 bits per heavy atom. The second-order valence-corrected chi connectivity index (χ2v) is 7.96. The molecule has 4 rings (SSSR count). The van der Waals surface area contributed by atoms with Gasteiger partial charge in [0.25, 0.3) is 0 Å². The monoisotopic (exact) mass is 403 g/mol. The molecule has 2 aliphatic heterocycles. The van der Waals surface area contributed by atoms with Gasteiger partial charge in [-0.05, 0) is 56.1 Å². The van der Waals surface area contributed by atoms with Gasteiger partial charge in [0, 0.05) is 23.7 Å². The summed E-state index contributed by atoms with van der Waals surface area (Å²) in [5, 5.41) is 12.2. The van der Waals surface area contributed by atoms with Gasteiger partial charge in [-0.25, -0.2) is 4.79 Å². The predicted molar refractivity (Wildman–Crippen MR) is 109 cm³/mol. The van der Waals surface area contributed by atoms with Crippen LogP contribution in [0.5, 0.6) is 0 Å².